The van der Waals surface area contributed by atoms with E-state index in [-0.39, 0.29) is 0 Å². The summed E-state index contributed by atoms with van der Waals surface area (Å²) in [5.74, 6) is 2.38. The van der Waals surface area contributed by atoms with Crippen molar-refractivity contribution in [2.75, 3.05) is 0 Å². The first-order chi connectivity index (χ1) is 21.4. The zero-order chi connectivity index (χ0) is 32.4. The Labute approximate surface area is 275 Å². The van der Waals surface area contributed by atoms with Gasteiger partial charge < -0.3 is 9.59 Å². The molecule has 0 aromatic heterocycles. The van der Waals surface area contributed by atoms with E-state index in [0.717, 1.165) is 76.0 Å². The minimum atomic E-state index is 0.311. The lowest BCUT2D eigenvalue weighted by Crippen LogP contribution is -2.08. The fourth-order valence-electron chi connectivity index (χ4n) is 5.85. The van der Waals surface area contributed by atoms with E-state index in [2.05, 4.69) is 62.5 Å². The highest BCUT2D eigenvalue weighted by Gasteiger charge is 2.12. The minimum absolute atomic E-state index is 0.311. The minimum Gasteiger partial charge on any atom is -0.300 e. The van der Waals surface area contributed by atoms with Gasteiger partial charge in [-0.25, -0.2) is 0 Å². The van der Waals surface area contributed by atoms with Crippen LogP contribution in [0.25, 0.3) is 0 Å². The van der Waals surface area contributed by atoms with Crippen LogP contribution < -0.4 is 0 Å². The molecule has 0 aromatic rings. The molecule has 2 nitrogen and oxygen atoms in total. The summed E-state index contributed by atoms with van der Waals surface area (Å²) < 4.78 is 0. The van der Waals surface area contributed by atoms with Crippen molar-refractivity contribution in [3.63, 3.8) is 0 Å². The molecule has 0 N–H and O–H groups in total. The van der Waals surface area contributed by atoms with Crippen LogP contribution in [0, 0.1) is 11.8 Å². The largest absolute Gasteiger partial charge is 0.300 e. The van der Waals surface area contributed by atoms with Gasteiger partial charge >= 0.3 is 0 Å². The lowest BCUT2D eigenvalue weighted by molar-refractivity contribution is -0.117. The van der Waals surface area contributed by atoms with Gasteiger partial charge in [0, 0.05) is 12.8 Å². The van der Waals surface area contributed by atoms with E-state index in [4.69, 9.17) is 0 Å². The molecule has 0 radical (unpaired) electrons. The van der Waals surface area contributed by atoms with Crippen LogP contribution in [0.3, 0.4) is 0 Å². The third-order valence-electron chi connectivity index (χ3n) is 8.84. The fourth-order valence-corrected chi connectivity index (χ4v) is 5.85. The number of hydrogen-bond acceptors (Lipinski definition) is 2. The van der Waals surface area contributed by atoms with E-state index >= 15 is 0 Å². The normalized spacial score (nSPS) is 12.4. The molecule has 0 aromatic carbocycles. The lowest BCUT2D eigenvalue weighted by Gasteiger charge is -2.20. The van der Waals surface area contributed by atoms with Gasteiger partial charge in [-0.3, -0.25) is 0 Å². The van der Waals surface area contributed by atoms with Crippen molar-refractivity contribution in [1.29, 1.82) is 0 Å². The van der Waals surface area contributed by atoms with Crippen molar-refractivity contribution in [3.8, 4) is 0 Å². The van der Waals surface area contributed by atoms with Gasteiger partial charge in [0.05, 0.1) is 0 Å². The van der Waals surface area contributed by atoms with Crippen LogP contribution in [0.2, 0.25) is 0 Å². The highest BCUT2D eigenvalue weighted by atomic mass is 16.1. The fraction of sp³-hybridized carbons (Fsp3) is 0.762. The Bertz CT molecular complexity index is 694. The molecule has 0 fully saturated rings. The molecule has 44 heavy (non-hydrogen) atoms. The van der Waals surface area contributed by atoms with Gasteiger partial charge in [0.1, 0.15) is 11.6 Å². The lowest BCUT2D eigenvalue weighted by atomic mass is 9.85. The molecule has 0 amide bonds. The number of carbonyl (C=O) groups excluding carboxylic acids is 2. The maximum atomic E-state index is 10.9. The average Bonchev–Trinajstić information content (AvgIpc) is 2.98. The molecule has 0 saturated heterocycles. The highest BCUT2D eigenvalue weighted by Crippen LogP contribution is 2.25. The molecule has 0 spiro atoms. The van der Waals surface area contributed by atoms with Crippen molar-refractivity contribution in [1.82, 2.24) is 0 Å². The van der Waals surface area contributed by atoms with Crippen molar-refractivity contribution in [2.24, 2.45) is 11.8 Å². The molecule has 0 bridgehead atoms. The first kappa shape index (κ1) is 42.3. The third-order valence-corrected chi connectivity index (χ3v) is 8.84. The maximum absolute atomic E-state index is 10.9. The smallest absolute Gasteiger partial charge is 0.129 e. The zero-order valence-corrected chi connectivity index (χ0v) is 30.0. The molecule has 0 atom stereocenters. The number of Topliss-reactive ketones (excluding diaryl/α,β-unsaturated/α-hetero) is 2. The predicted molar refractivity (Wildman–Crippen MR) is 196 cm³/mol. The van der Waals surface area contributed by atoms with Gasteiger partial charge in [-0.2, -0.15) is 0 Å². The Morgan fingerprint density at radius 3 is 1.02 bits per heavy atom. The van der Waals surface area contributed by atoms with E-state index in [9.17, 15) is 9.59 Å². The number of rotatable bonds is 33. The summed E-state index contributed by atoms with van der Waals surface area (Å²) in [5.41, 5.74) is 0. The van der Waals surface area contributed by atoms with E-state index in [0.29, 0.717) is 11.6 Å². The summed E-state index contributed by atoms with van der Waals surface area (Å²) in [5, 5.41) is 0. The number of hydrogen-bond donors (Lipinski definition) is 0. The van der Waals surface area contributed by atoms with E-state index in [1.165, 1.54) is 103 Å². The quantitative estimate of drug-likeness (QED) is 0.0547. The Balaban J connectivity index is 3.54. The molecule has 0 saturated carbocycles. The number of allylic oxidation sites excluding steroid dienone is 8. The average molecular weight is 611 g/mol. The first-order valence-corrected chi connectivity index (χ1v) is 19.0. The van der Waals surface area contributed by atoms with Crippen LogP contribution in [-0.4, -0.2) is 11.6 Å². The summed E-state index contributed by atoms with van der Waals surface area (Å²) in [6, 6.07) is 0. The third kappa shape index (κ3) is 34.8. The van der Waals surface area contributed by atoms with E-state index in [1.54, 1.807) is 13.8 Å². The summed E-state index contributed by atoms with van der Waals surface area (Å²) in [6.45, 7) is 8.23. The summed E-state index contributed by atoms with van der Waals surface area (Å²) in [7, 11) is 0. The number of unbranched alkanes of at least 4 members (excludes halogenated alkanes) is 16. The van der Waals surface area contributed by atoms with Crippen LogP contribution in [0.1, 0.15) is 195 Å². The Morgan fingerprint density at radius 2 is 0.705 bits per heavy atom. The van der Waals surface area contributed by atoms with Crippen molar-refractivity contribution >= 4 is 11.6 Å². The predicted octanol–water partition coefficient (Wildman–Crippen LogP) is 13.8. The van der Waals surface area contributed by atoms with Crippen LogP contribution in [0.4, 0.5) is 0 Å². The summed E-state index contributed by atoms with van der Waals surface area (Å²) in [4.78, 5) is 21.9. The topological polar surface area (TPSA) is 34.1 Å². The molecule has 0 aliphatic heterocycles. The van der Waals surface area contributed by atoms with Gasteiger partial charge in [-0.05, 0) is 103 Å². The Kier molecular flexibility index (Phi) is 32.9. The standard InChI is InChI=1S/C42H74O2/c1-39(2)42(37-33-29-25-21-17-13-9-5-7-11-15-19-23-27-31-35-40(3)43)38-34-30-26-22-18-14-10-6-8-12-16-20-24-28-32-36-41(4)44/h5-8,15-16,19-20,39,42H,9-14,17-18,21-38H2,1-4H3/b7-5-,8-6-,19-15-,20-16-. The first-order valence-electron chi connectivity index (χ1n) is 19.0. The SMILES string of the molecule is CC(=O)CCCC/C=C\C/C=C\CCCCCCCCC(CCCCCCCC/C=C\C/C=C\CCCCC(C)=O)C(C)C. The van der Waals surface area contributed by atoms with E-state index < -0.39 is 0 Å². The zero-order valence-electron chi connectivity index (χ0n) is 30.0. The van der Waals surface area contributed by atoms with Crippen molar-refractivity contribution < 1.29 is 9.59 Å². The number of ketones is 2. The van der Waals surface area contributed by atoms with Gasteiger partial charge in [0.2, 0.25) is 0 Å². The molecule has 0 unspecified atom stereocenters. The molecular formula is C42H74O2. The Hall–Kier alpha value is -1.70. The second-order valence-corrected chi connectivity index (χ2v) is 13.7. The van der Waals surface area contributed by atoms with Crippen LogP contribution >= 0.6 is 0 Å². The van der Waals surface area contributed by atoms with Gasteiger partial charge in [-0.15, -0.1) is 0 Å². The molecule has 0 aliphatic carbocycles. The molecule has 0 heterocycles. The molecule has 2 heteroatoms. The highest BCUT2D eigenvalue weighted by molar-refractivity contribution is 5.75. The van der Waals surface area contributed by atoms with Crippen LogP contribution in [0.15, 0.2) is 48.6 Å². The monoisotopic (exact) mass is 611 g/mol. The molecular weight excluding hydrogens is 536 g/mol. The molecule has 0 aliphatic rings. The van der Waals surface area contributed by atoms with Crippen molar-refractivity contribution in [2.45, 2.75) is 195 Å². The molecule has 0 rings (SSSR count). The molecule has 254 valence electrons. The van der Waals surface area contributed by atoms with Gasteiger partial charge in [0.25, 0.3) is 0 Å². The van der Waals surface area contributed by atoms with Gasteiger partial charge in [0.15, 0.2) is 0 Å². The maximum Gasteiger partial charge on any atom is 0.129 e. The van der Waals surface area contributed by atoms with Crippen molar-refractivity contribution in [3.05, 3.63) is 48.6 Å². The van der Waals surface area contributed by atoms with E-state index in [1.807, 2.05) is 0 Å². The second-order valence-electron chi connectivity index (χ2n) is 13.7. The Morgan fingerprint density at radius 1 is 0.409 bits per heavy atom. The summed E-state index contributed by atoms with van der Waals surface area (Å²) >= 11 is 0. The van der Waals surface area contributed by atoms with Crippen LogP contribution in [-0.2, 0) is 9.59 Å². The second kappa shape index (κ2) is 34.2. The van der Waals surface area contributed by atoms with Crippen LogP contribution in [0.5, 0.6) is 0 Å². The van der Waals surface area contributed by atoms with Gasteiger partial charge in [-0.1, -0.05) is 140 Å². The summed E-state index contributed by atoms with van der Waals surface area (Å²) in [6.07, 6.45) is 50.5. The number of carbonyl (C=O) groups is 2.